The van der Waals surface area contributed by atoms with Gasteiger partial charge in [0.2, 0.25) is 0 Å². The van der Waals surface area contributed by atoms with Crippen LogP contribution in [0.5, 0.6) is 0 Å². The highest BCUT2D eigenvalue weighted by molar-refractivity contribution is 7.13. The quantitative estimate of drug-likeness (QED) is 0.800. The summed E-state index contributed by atoms with van der Waals surface area (Å²) in [4.78, 5) is 10.3. The number of imidazole rings is 1. The number of nitrogens with zero attached hydrogens (tertiary/aromatic N) is 3. The molecule has 2 aromatic heterocycles. The van der Waals surface area contributed by atoms with E-state index in [1.807, 2.05) is 12.4 Å². The van der Waals surface area contributed by atoms with Crippen LogP contribution in [0.1, 0.15) is 24.6 Å². The van der Waals surface area contributed by atoms with Crippen molar-refractivity contribution in [2.45, 2.75) is 33.4 Å². The molecule has 0 fully saturated rings. The minimum Gasteiger partial charge on any atom is -0.326 e. The van der Waals surface area contributed by atoms with E-state index in [1.165, 1.54) is 5.52 Å². The van der Waals surface area contributed by atoms with Crippen LogP contribution in [-0.4, -0.2) is 14.5 Å². The summed E-state index contributed by atoms with van der Waals surface area (Å²) in [6.07, 6.45) is 1.08. The lowest BCUT2D eigenvalue weighted by Gasteiger charge is -2.06. The highest BCUT2D eigenvalue weighted by Gasteiger charge is 2.15. The van der Waals surface area contributed by atoms with Gasteiger partial charge in [0, 0.05) is 13.1 Å². The molecule has 0 saturated heterocycles. The summed E-state index contributed by atoms with van der Waals surface area (Å²) in [6.45, 7) is 5.73. The first-order chi connectivity index (χ1) is 9.74. The van der Waals surface area contributed by atoms with E-state index in [0.717, 1.165) is 40.4 Å². The van der Waals surface area contributed by atoms with Gasteiger partial charge in [-0.2, -0.15) is 0 Å². The van der Waals surface area contributed by atoms with Gasteiger partial charge >= 0.3 is 0 Å². The number of aromatic nitrogens is 3. The molecule has 0 spiro atoms. The van der Waals surface area contributed by atoms with Crippen LogP contribution in [0.4, 0.5) is 0 Å². The van der Waals surface area contributed by atoms with Crippen LogP contribution in [0.2, 0.25) is 0 Å². The zero-order valence-electron chi connectivity index (χ0n) is 11.8. The van der Waals surface area contributed by atoms with Gasteiger partial charge in [0.05, 0.1) is 27.1 Å². The molecule has 2 N–H and O–H groups in total. The second kappa shape index (κ2) is 5.34. The van der Waals surface area contributed by atoms with Crippen LogP contribution >= 0.6 is 11.3 Å². The first kappa shape index (κ1) is 13.3. The average Bonchev–Trinajstić information content (AvgIpc) is 3.02. The van der Waals surface area contributed by atoms with E-state index in [0.29, 0.717) is 6.54 Å². The van der Waals surface area contributed by atoms with Crippen molar-refractivity contribution in [1.82, 2.24) is 14.5 Å². The number of thiazole rings is 1. The number of aryl methyl sites for hydroxylation is 2. The Morgan fingerprint density at radius 2 is 2.20 bits per heavy atom. The van der Waals surface area contributed by atoms with Gasteiger partial charge < -0.3 is 10.3 Å². The summed E-state index contributed by atoms with van der Waals surface area (Å²) in [5.74, 6) is 1.02. The molecule has 0 unspecified atom stereocenters. The largest absolute Gasteiger partial charge is 0.326 e. The van der Waals surface area contributed by atoms with Gasteiger partial charge in [-0.05, 0) is 31.0 Å². The smallest absolute Gasteiger partial charge is 0.153 e. The van der Waals surface area contributed by atoms with E-state index in [2.05, 4.69) is 34.7 Å². The van der Waals surface area contributed by atoms with Crippen molar-refractivity contribution in [3.05, 3.63) is 35.0 Å². The molecule has 1 aromatic carbocycles. The molecule has 3 aromatic rings. The molecule has 3 rings (SSSR count). The van der Waals surface area contributed by atoms with Crippen molar-refractivity contribution >= 4 is 22.4 Å². The SMILES string of the molecule is CCCn1c(-c2scnc2C)nc2cc(CN)ccc21. The predicted octanol–water partition coefficient (Wildman–Crippen LogP) is 3.34. The topological polar surface area (TPSA) is 56.7 Å². The molecule has 2 heterocycles. The summed E-state index contributed by atoms with van der Waals surface area (Å²) >= 11 is 1.65. The van der Waals surface area contributed by atoms with E-state index in [9.17, 15) is 0 Å². The number of rotatable bonds is 4. The maximum Gasteiger partial charge on any atom is 0.153 e. The van der Waals surface area contributed by atoms with Crippen LogP contribution in [0.25, 0.3) is 21.7 Å². The van der Waals surface area contributed by atoms with Gasteiger partial charge in [-0.25, -0.2) is 9.97 Å². The van der Waals surface area contributed by atoms with Gasteiger partial charge in [-0.1, -0.05) is 13.0 Å². The summed E-state index contributed by atoms with van der Waals surface area (Å²) in [5, 5.41) is 0. The van der Waals surface area contributed by atoms with Crippen LogP contribution in [0.15, 0.2) is 23.7 Å². The summed E-state index contributed by atoms with van der Waals surface area (Å²) in [5.41, 5.74) is 12.0. The van der Waals surface area contributed by atoms with Gasteiger partial charge in [0.25, 0.3) is 0 Å². The summed E-state index contributed by atoms with van der Waals surface area (Å²) in [6, 6.07) is 6.29. The molecule has 0 bridgehead atoms. The van der Waals surface area contributed by atoms with Gasteiger partial charge in [0.1, 0.15) is 0 Å². The molecule has 4 nitrogen and oxygen atoms in total. The van der Waals surface area contributed by atoms with E-state index in [-0.39, 0.29) is 0 Å². The maximum atomic E-state index is 5.72. The second-order valence-corrected chi connectivity index (χ2v) is 5.74. The number of benzene rings is 1. The fraction of sp³-hybridized carbons (Fsp3) is 0.333. The third kappa shape index (κ3) is 2.13. The summed E-state index contributed by atoms with van der Waals surface area (Å²) < 4.78 is 2.29. The third-order valence-corrected chi connectivity index (χ3v) is 4.37. The number of hydrogen-bond donors (Lipinski definition) is 1. The Morgan fingerprint density at radius 1 is 1.35 bits per heavy atom. The lowest BCUT2D eigenvalue weighted by molar-refractivity contribution is 0.704. The molecule has 104 valence electrons. The van der Waals surface area contributed by atoms with E-state index in [4.69, 9.17) is 10.7 Å². The molecular weight excluding hydrogens is 268 g/mol. The molecule has 0 amide bonds. The standard InChI is InChI=1S/C15H18N4S/c1-3-6-19-13-5-4-11(8-16)7-12(13)18-15(19)14-10(2)17-9-20-14/h4-5,7,9H,3,6,8,16H2,1-2H3. The Bertz CT molecular complexity index is 741. The van der Waals surface area contributed by atoms with Crippen LogP contribution in [0.3, 0.4) is 0 Å². The van der Waals surface area contributed by atoms with Crippen molar-refractivity contribution in [3.63, 3.8) is 0 Å². The lowest BCUT2D eigenvalue weighted by atomic mass is 10.2. The molecule has 0 atom stereocenters. The van der Waals surface area contributed by atoms with Crippen LogP contribution < -0.4 is 5.73 Å². The third-order valence-electron chi connectivity index (χ3n) is 3.44. The molecule has 20 heavy (non-hydrogen) atoms. The zero-order valence-corrected chi connectivity index (χ0v) is 12.6. The maximum absolute atomic E-state index is 5.72. The van der Waals surface area contributed by atoms with Crippen LogP contribution in [0, 0.1) is 6.92 Å². The lowest BCUT2D eigenvalue weighted by Crippen LogP contribution is -2.00. The molecule has 0 radical (unpaired) electrons. The average molecular weight is 286 g/mol. The molecule has 0 aliphatic carbocycles. The monoisotopic (exact) mass is 286 g/mol. The Labute approximate surface area is 122 Å². The molecule has 0 saturated carbocycles. The van der Waals surface area contributed by atoms with Crippen molar-refractivity contribution < 1.29 is 0 Å². The molecule has 0 aliphatic heterocycles. The highest BCUT2D eigenvalue weighted by atomic mass is 32.1. The predicted molar refractivity (Wildman–Crippen MR) is 83.8 cm³/mol. The van der Waals surface area contributed by atoms with Gasteiger partial charge in [-0.3, -0.25) is 0 Å². The normalized spacial score (nSPS) is 11.3. The van der Waals surface area contributed by atoms with Gasteiger partial charge in [0.15, 0.2) is 5.82 Å². The molecule has 5 heteroatoms. The van der Waals surface area contributed by atoms with Crippen LogP contribution in [-0.2, 0) is 13.1 Å². The van der Waals surface area contributed by atoms with Crippen molar-refractivity contribution in [1.29, 1.82) is 0 Å². The Balaban J connectivity index is 2.25. The Hall–Kier alpha value is -1.72. The Morgan fingerprint density at radius 3 is 2.85 bits per heavy atom. The van der Waals surface area contributed by atoms with Crippen molar-refractivity contribution in [2.75, 3.05) is 0 Å². The Kier molecular flexibility index (Phi) is 3.54. The fourth-order valence-electron chi connectivity index (χ4n) is 2.44. The minimum atomic E-state index is 0.547. The minimum absolute atomic E-state index is 0.547. The van der Waals surface area contributed by atoms with E-state index < -0.39 is 0 Å². The molecular formula is C15H18N4S. The number of hydrogen-bond acceptors (Lipinski definition) is 4. The second-order valence-electron chi connectivity index (χ2n) is 4.88. The summed E-state index contributed by atoms with van der Waals surface area (Å²) in [7, 11) is 0. The number of nitrogens with two attached hydrogens (primary N) is 1. The fourth-order valence-corrected chi connectivity index (χ4v) is 3.24. The van der Waals surface area contributed by atoms with Gasteiger partial charge in [-0.15, -0.1) is 11.3 Å². The van der Waals surface area contributed by atoms with E-state index in [1.54, 1.807) is 11.3 Å². The van der Waals surface area contributed by atoms with Crippen molar-refractivity contribution in [3.8, 4) is 10.7 Å². The molecule has 0 aliphatic rings. The zero-order chi connectivity index (χ0) is 14.1. The van der Waals surface area contributed by atoms with E-state index >= 15 is 0 Å². The number of fused-ring (bicyclic) bond motifs is 1. The first-order valence-electron chi connectivity index (χ1n) is 6.84. The highest BCUT2D eigenvalue weighted by Crippen LogP contribution is 2.30. The first-order valence-corrected chi connectivity index (χ1v) is 7.72. The van der Waals surface area contributed by atoms with Crippen molar-refractivity contribution in [2.24, 2.45) is 5.73 Å².